The lowest BCUT2D eigenvalue weighted by molar-refractivity contribution is -0.384. The third-order valence-corrected chi connectivity index (χ3v) is 4.10. The third-order valence-electron chi connectivity index (χ3n) is 4.10. The standard InChI is InChI=1S/C17H18N4O3/c22-17(19-14-7-2-1-3-8-14)13-6-5-11-20(12-13)16-15(21(23)24)9-4-10-18-16/h1-4,7-10,13H,5-6,11-12H2,(H,19,22)/t13-/m1/s1. The average Bonchev–Trinajstić information content (AvgIpc) is 2.62. The van der Waals surface area contributed by atoms with Crippen LogP contribution in [0.4, 0.5) is 17.2 Å². The number of anilines is 2. The highest BCUT2D eigenvalue weighted by Gasteiger charge is 2.30. The highest BCUT2D eigenvalue weighted by Crippen LogP contribution is 2.29. The van der Waals surface area contributed by atoms with E-state index in [0.29, 0.717) is 18.9 Å². The summed E-state index contributed by atoms with van der Waals surface area (Å²) in [6, 6.07) is 12.3. The maximum Gasteiger partial charge on any atom is 0.311 e. The first kappa shape index (κ1) is 15.9. The maximum absolute atomic E-state index is 12.5. The Morgan fingerprint density at radius 1 is 1.25 bits per heavy atom. The molecule has 124 valence electrons. The average molecular weight is 326 g/mol. The number of aromatic nitrogens is 1. The van der Waals surface area contributed by atoms with Gasteiger partial charge in [-0.15, -0.1) is 0 Å². The Bertz CT molecular complexity index is 736. The molecule has 1 amide bonds. The molecule has 1 saturated heterocycles. The summed E-state index contributed by atoms with van der Waals surface area (Å²) >= 11 is 0. The van der Waals surface area contributed by atoms with Gasteiger partial charge in [-0.2, -0.15) is 0 Å². The number of hydrogen-bond acceptors (Lipinski definition) is 5. The summed E-state index contributed by atoms with van der Waals surface area (Å²) in [7, 11) is 0. The maximum atomic E-state index is 12.5. The van der Waals surface area contributed by atoms with Crippen LogP contribution < -0.4 is 10.2 Å². The quantitative estimate of drug-likeness (QED) is 0.689. The minimum absolute atomic E-state index is 0.0263. The number of nitrogens with one attached hydrogen (secondary N) is 1. The molecule has 3 rings (SSSR count). The highest BCUT2D eigenvalue weighted by molar-refractivity contribution is 5.93. The zero-order valence-electron chi connectivity index (χ0n) is 13.1. The van der Waals surface area contributed by atoms with E-state index in [-0.39, 0.29) is 17.5 Å². The molecule has 2 aromatic rings. The lowest BCUT2D eigenvalue weighted by atomic mass is 9.97. The van der Waals surface area contributed by atoms with Gasteiger partial charge in [-0.1, -0.05) is 18.2 Å². The Morgan fingerprint density at radius 3 is 2.79 bits per heavy atom. The molecule has 7 heteroatoms. The van der Waals surface area contributed by atoms with Crippen LogP contribution in [0.1, 0.15) is 12.8 Å². The molecule has 0 saturated carbocycles. The number of carbonyl (C=O) groups excluding carboxylic acids is 1. The molecule has 1 N–H and O–H groups in total. The number of piperidine rings is 1. The van der Waals surface area contributed by atoms with E-state index in [4.69, 9.17) is 0 Å². The van der Waals surface area contributed by atoms with Gasteiger partial charge in [0.15, 0.2) is 0 Å². The SMILES string of the molecule is O=C(Nc1ccccc1)[C@@H]1CCCN(c2ncccc2[N+](=O)[O-])C1. The molecular weight excluding hydrogens is 308 g/mol. The van der Waals surface area contributed by atoms with Crippen molar-refractivity contribution in [1.29, 1.82) is 0 Å². The normalized spacial score (nSPS) is 17.3. The van der Waals surface area contributed by atoms with Crippen molar-refractivity contribution in [2.45, 2.75) is 12.8 Å². The minimum Gasteiger partial charge on any atom is -0.350 e. The van der Waals surface area contributed by atoms with Crippen LogP contribution in [0.5, 0.6) is 0 Å². The van der Waals surface area contributed by atoms with Gasteiger partial charge in [-0.05, 0) is 31.0 Å². The van der Waals surface area contributed by atoms with Crippen molar-refractivity contribution < 1.29 is 9.72 Å². The third kappa shape index (κ3) is 3.51. The molecule has 1 aromatic carbocycles. The number of rotatable bonds is 4. The zero-order chi connectivity index (χ0) is 16.9. The Labute approximate surface area is 139 Å². The molecule has 1 atom stereocenters. The predicted molar refractivity (Wildman–Crippen MR) is 90.9 cm³/mol. The summed E-state index contributed by atoms with van der Waals surface area (Å²) < 4.78 is 0. The number of para-hydroxylation sites is 1. The number of pyridine rings is 1. The summed E-state index contributed by atoms with van der Waals surface area (Å²) in [6.07, 6.45) is 3.09. The lowest BCUT2D eigenvalue weighted by Crippen LogP contribution is -2.41. The zero-order valence-corrected chi connectivity index (χ0v) is 13.1. The fraction of sp³-hybridized carbons (Fsp3) is 0.294. The molecule has 0 unspecified atom stereocenters. The first-order chi connectivity index (χ1) is 11.6. The van der Waals surface area contributed by atoms with E-state index >= 15 is 0 Å². The summed E-state index contributed by atoms with van der Waals surface area (Å²) in [5.74, 6) is 0.0461. The summed E-state index contributed by atoms with van der Waals surface area (Å²) in [4.78, 5) is 29.2. The van der Waals surface area contributed by atoms with Gasteiger partial charge >= 0.3 is 5.69 Å². The molecule has 7 nitrogen and oxygen atoms in total. The molecule has 1 aromatic heterocycles. The Morgan fingerprint density at radius 2 is 2.04 bits per heavy atom. The van der Waals surface area contributed by atoms with Gasteiger partial charge in [0.05, 0.1) is 10.8 Å². The minimum atomic E-state index is -0.435. The predicted octanol–water partition coefficient (Wildman–Crippen LogP) is 2.84. The molecule has 1 fully saturated rings. The van der Waals surface area contributed by atoms with Crippen LogP contribution in [0.25, 0.3) is 0 Å². The van der Waals surface area contributed by atoms with Crippen LogP contribution in [0.2, 0.25) is 0 Å². The van der Waals surface area contributed by atoms with Gasteiger partial charge in [0.1, 0.15) is 0 Å². The smallest absolute Gasteiger partial charge is 0.311 e. The molecule has 0 radical (unpaired) electrons. The second-order valence-electron chi connectivity index (χ2n) is 5.74. The molecule has 1 aliphatic heterocycles. The van der Waals surface area contributed by atoms with Crippen molar-refractivity contribution in [2.75, 3.05) is 23.3 Å². The van der Waals surface area contributed by atoms with Crippen LogP contribution in [0.3, 0.4) is 0 Å². The molecule has 0 aliphatic carbocycles. The van der Waals surface area contributed by atoms with Gasteiger partial charge in [0.25, 0.3) is 0 Å². The van der Waals surface area contributed by atoms with Crippen molar-refractivity contribution in [3.63, 3.8) is 0 Å². The van der Waals surface area contributed by atoms with E-state index in [9.17, 15) is 14.9 Å². The second-order valence-corrected chi connectivity index (χ2v) is 5.74. The second kappa shape index (κ2) is 7.08. The highest BCUT2D eigenvalue weighted by atomic mass is 16.6. The molecule has 24 heavy (non-hydrogen) atoms. The van der Waals surface area contributed by atoms with Crippen molar-refractivity contribution >= 4 is 23.1 Å². The lowest BCUT2D eigenvalue weighted by Gasteiger charge is -2.32. The van der Waals surface area contributed by atoms with Crippen LogP contribution in [-0.4, -0.2) is 28.9 Å². The number of nitrogens with zero attached hydrogens (tertiary/aromatic N) is 3. The van der Waals surface area contributed by atoms with E-state index in [0.717, 1.165) is 18.5 Å². The molecule has 2 heterocycles. The summed E-state index contributed by atoms with van der Waals surface area (Å²) in [5, 5.41) is 14.1. The number of nitro groups is 1. The van der Waals surface area contributed by atoms with Crippen LogP contribution in [0, 0.1) is 16.0 Å². The van der Waals surface area contributed by atoms with Gasteiger partial charge < -0.3 is 10.2 Å². The Kier molecular flexibility index (Phi) is 4.69. The van der Waals surface area contributed by atoms with Gasteiger partial charge in [-0.3, -0.25) is 14.9 Å². The van der Waals surface area contributed by atoms with Crippen LogP contribution in [0.15, 0.2) is 48.7 Å². The van der Waals surface area contributed by atoms with Crippen LogP contribution in [-0.2, 0) is 4.79 Å². The molecule has 0 bridgehead atoms. The molecular formula is C17H18N4O3. The first-order valence-corrected chi connectivity index (χ1v) is 7.85. The molecule has 0 spiro atoms. The van der Waals surface area contributed by atoms with Crippen LogP contribution >= 0.6 is 0 Å². The fourth-order valence-electron chi connectivity index (χ4n) is 2.92. The largest absolute Gasteiger partial charge is 0.350 e. The van der Waals surface area contributed by atoms with Gasteiger partial charge in [0.2, 0.25) is 11.7 Å². The van der Waals surface area contributed by atoms with E-state index in [1.165, 1.54) is 12.3 Å². The van der Waals surface area contributed by atoms with Crippen molar-refractivity contribution in [3.05, 3.63) is 58.8 Å². The van der Waals surface area contributed by atoms with Gasteiger partial charge in [0, 0.05) is 31.0 Å². The van der Waals surface area contributed by atoms with E-state index < -0.39 is 4.92 Å². The topological polar surface area (TPSA) is 88.4 Å². The summed E-state index contributed by atoms with van der Waals surface area (Å²) in [6.45, 7) is 1.09. The van der Waals surface area contributed by atoms with Crippen molar-refractivity contribution in [2.24, 2.45) is 5.92 Å². The number of hydrogen-bond donors (Lipinski definition) is 1. The van der Waals surface area contributed by atoms with Gasteiger partial charge in [-0.25, -0.2) is 4.98 Å². The first-order valence-electron chi connectivity index (χ1n) is 7.85. The number of amides is 1. The fourth-order valence-corrected chi connectivity index (χ4v) is 2.92. The van der Waals surface area contributed by atoms with E-state index in [1.54, 1.807) is 6.07 Å². The Hall–Kier alpha value is -2.96. The monoisotopic (exact) mass is 326 g/mol. The molecule has 1 aliphatic rings. The van der Waals surface area contributed by atoms with Crippen molar-refractivity contribution in [3.8, 4) is 0 Å². The van der Waals surface area contributed by atoms with E-state index in [1.807, 2.05) is 35.2 Å². The van der Waals surface area contributed by atoms with E-state index in [2.05, 4.69) is 10.3 Å². The Balaban J connectivity index is 1.73. The summed E-state index contributed by atoms with van der Waals surface area (Å²) in [5.41, 5.74) is 0.727. The number of benzene rings is 1. The number of carbonyl (C=O) groups is 1. The van der Waals surface area contributed by atoms with Crippen molar-refractivity contribution in [1.82, 2.24) is 4.98 Å².